The van der Waals surface area contributed by atoms with E-state index >= 15 is 0 Å². The van der Waals surface area contributed by atoms with E-state index in [2.05, 4.69) is 28.5 Å². The molecule has 2 aliphatic heterocycles. The number of aryl methyl sites for hydroxylation is 2. The molecule has 2 N–H and O–H groups in total. The van der Waals surface area contributed by atoms with Gasteiger partial charge in [-0.3, -0.25) is 14.5 Å². The van der Waals surface area contributed by atoms with Crippen LogP contribution in [0.1, 0.15) is 37.3 Å². The number of carbonyl (C=O) groups excluding carboxylic acids is 2. The molecular weight excluding hydrogens is 378 g/mol. The van der Waals surface area contributed by atoms with Crippen molar-refractivity contribution in [3.05, 3.63) is 29.3 Å². The summed E-state index contributed by atoms with van der Waals surface area (Å²) in [5, 5.41) is 6.83. The first-order valence-electron chi connectivity index (χ1n) is 11.3. The molecule has 4 rings (SSSR count). The van der Waals surface area contributed by atoms with Gasteiger partial charge < -0.3 is 15.4 Å². The summed E-state index contributed by atoms with van der Waals surface area (Å²) in [5.41, 5.74) is 3.11. The number of ketones is 1. The van der Waals surface area contributed by atoms with Gasteiger partial charge in [0.05, 0.1) is 12.6 Å². The van der Waals surface area contributed by atoms with Crippen LogP contribution in [0.2, 0.25) is 0 Å². The SMILES string of the molecule is COC1CC(C)C2NC3CCN(CC(=O)Nc4cc(C)cc(C)c4)CC3C(=O)C2C1. The van der Waals surface area contributed by atoms with Crippen molar-refractivity contribution in [3.63, 3.8) is 0 Å². The number of nitrogens with one attached hydrogen (secondary N) is 2. The Kier molecular flexibility index (Phi) is 6.28. The van der Waals surface area contributed by atoms with Crippen molar-refractivity contribution in [3.8, 4) is 0 Å². The van der Waals surface area contributed by atoms with Crippen LogP contribution >= 0.6 is 0 Å². The summed E-state index contributed by atoms with van der Waals surface area (Å²) in [6, 6.07) is 6.57. The molecule has 1 aromatic rings. The Labute approximate surface area is 179 Å². The van der Waals surface area contributed by atoms with Gasteiger partial charge >= 0.3 is 0 Å². The number of amides is 1. The van der Waals surface area contributed by atoms with E-state index < -0.39 is 0 Å². The molecule has 0 spiro atoms. The lowest BCUT2D eigenvalue weighted by atomic mass is 9.66. The zero-order valence-electron chi connectivity index (χ0n) is 18.6. The van der Waals surface area contributed by atoms with Gasteiger partial charge in [-0.25, -0.2) is 0 Å². The third kappa shape index (κ3) is 4.46. The van der Waals surface area contributed by atoms with Crippen molar-refractivity contribution in [2.75, 3.05) is 32.1 Å². The van der Waals surface area contributed by atoms with Crippen LogP contribution in [-0.2, 0) is 14.3 Å². The third-order valence-corrected chi connectivity index (χ3v) is 7.24. The Morgan fingerprint density at radius 3 is 2.63 bits per heavy atom. The Hall–Kier alpha value is -1.76. The maximum atomic E-state index is 13.4. The first-order chi connectivity index (χ1) is 14.3. The van der Waals surface area contributed by atoms with Crippen LogP contribution in [0, 0.1) is 31.6 Å². The van der Waals surface area contributed by atoms with Gasteiger partial charge in [-0.1, -0.05) is 13.0 Å². The Morgan fingerprint density at radius 2 is 1.93 bits per heavy atom. The maximum Gasteiger partial charge on any atom is 0.238 e. The molecule has 2 saturated heterocycles. The molecule has 3 aliphatic rings. The number of piperidine rings is 2. The molecular formula is C24H35N3O3. The number of methoxy groups -OCH3 is 1. The predicted octanol–water partition coefficient (Wildman–Crippen LogP) is 2.53. The standard InChI is InChI=1S/C24H35N3O3/c1-14-7-15(2)9-17(8-14)25-22(28)13-27-6-5-21-20(12-27)24(29)19-11-18(30-4)10-16(3)23(19)26-21/h7-9,16,18-21,23,26H,5-6,10-13H2,1-4H3,(H,25,28). The van der Waals surface area contributed by atoms with E-state index in [4.69, 9.17) is 4.74 Å². The van der Waals surface area contributed by atoms with Crippen molar-refractivity contribution >= 4 is 17.4 Å². The number of Topliss-reactive ketones (excluding diaryl/α,β-unsaturated/α-hetero) is 1. The molecule has 1 aromatic carbocycles. The van der Waals surface area contributed by atoms with Gasteiger partial charge in [0.2, 0.25) is 5.91 Å². The molecule has 6 nitrogen and oxygen atoms in total. The highest BCUT2D eigenvalue weighted by Crippen LogP contribution is 2.39. The van der Waals surface area contributed by atoms with E-state index in [1.165, 1.54) is 0 Å². The van der Waals surface area contributed by atoms with Gasteiger partial charge in [0, 0.05) is 49.8 Å². The molecule has 0 radical (unpaired) electrons. The van der Waals surface area contributed by atoms with Gasteiger partial charge in [0.1, 0.15) is 5.78 Å². The quantitative estimate of drug-likeness (QED) is 0.794. The highest BCUT2D eigenvalue weighted by atomic mass is 16.5. The largest absolute Gasteiger partial charge is 0.381 e. The summed E-state index contributed by atoms with van der Waals surface area (Å²) in [4.78, 5) is 28.1. The normalized spacial score (nSPS) is 34.2. The van der Waals surface area contributed by atoms with E-state index in [1.54, 1.807) is 7.11 Å². The molecule has 30 heavy (non-hydrogen) atoms. The zero-order chi connectivity index (χ0) is 21.4. The van der Waals surface area contributed by atoms with Crippen molar-refractivity contribution in [1.29, 1.82) is 0 Å². The Morgan fingerprint density at radius 1 is 1.20 bits per heavy atom. The van der Waals surface area contributed by atoms with E-state index in [1.807, 2.05) is 26.0 Å². The number of fused-ring (bicyclic) bond motifs is 2. The summed E-state index contributed by atoms with van der Waals surface area (Å²) in [5.74, 6) is 0.802. The molecule has 6 unspecified atom stereocenters. The number of rotatable bonds is 4. The number of hydrogen-bond donors (Lipinski definition) is 2. The second-order valence-electron chi connectivity index (χ2n) is 9.67. The van der Waals surface area contributed by atoms with E-state index in [9.17, 15) is 9.59 Å². The lowest BCUT2D eigenvalue weighted by molar-refractivity contribution is -0.140. The van der Waals surface area contributed by atoms with Crippen LogP contribution in [0.25, 0.3) is 0 Å². The molecule has 164 valence electrons. The number of benzene rings is 1. The molecule has 6 heteroatoms. The third-order valence-electron chi connectivity index (χ3n) is 7.24. The van der Waals surface area contributed by atoms with Crippen molar-refractivity contribution in [1.82, 2.24) is 10.2 Å². The minimum absolute atomic E-state index is 0.0155. The summed E-state index contributed by atoms with van der Waals surface area (Å²) in [6.07, 6.45) is 2.91. The van der Waals surface area contributed by atoms with Crippen LogP contribution in [0.15, 0.2) is 18.2 Å². The summed E-state index contributed by atoms with van der Waals surface area (Å²) in [7, 11) is 1.75. The average Bonchev–Trinajstić information content (AvgIpc) is 2.68. The average molecular weight is 414 g/mol. The summed E-state index contributed by atoms with van der Waals surface area (Å²) in [6.45, 7) is 8.12. The zero-order valence-corrected chi connectivity index (χ0v) is 18.6. The van der Waals surface area contributed by atoms with E-state index in [0.29, 0.717) is 24.8 Å². The van der Waals surface area contributed by atoms with Gasteiger partial charge in [-0.05, 0) is 62.3 Å². The van der Waals surface area contributed by atoms with Gasteiger partial charge in [-0.2, -0.15) is 0 Å². The minimum Gasteiger partial charge on any atom is -0.381 e. The lowest BCUT2D eigenvalue weighted by Gasteiger charge is -2.51. The fraction of sp³-hybridized carbons (Fsp3) is 0.667. The molecule has 3 fully saturated rings. The lowest BCUT2D eigenvalue weighted by Crippen LogP contribution is -2.66. The van der Waals surface area contributed by atoms with Crippen molar-refractivity contribution in [2.45, 2.75) is 58.2 Å². The predicted molar refractivity (Wildman–Crippen MR) is 117 cm³/mol. The Balaban J connectivity index is 1.38. The topological polar surface area (TPSA) is 70.7 Å². The van der Waals surface area contributed by atoms with Crippen molar-refractivity contribution in [2.24, 2.45) is 17.8 Å². The first-order valence-corrected chi connectivity index (χ1v) is 11.3. The summed E-state index contributed by atoms with van der Waals surface area (Å²) < 4.78 is 5.60. The van der Waals surface area contributed by atoms with E-state index in [-0.39, 0.29) is 35.9 Å². The molecule has 0 bridgehead atoms. The van der Waals surface area contributed by atoms with Crippen LogP contribution < -0.4 is 10.6 Å². The number of ether oxygens (including phenoxy) is 1. The molecule has 2 heterocycles. The molecule has 0 aromatic heterocycles. The summed E-state index contributed by atoms with van der Waals surface area (Å²) >= 11 is 0. The molecule has 1 amide bonds. The van der Waals surface area contributed by atoms with Crippen molar-refractivity contribution < 1.29 is 14.3 Å². The van der Waals surface area contributed by atoms with Crippen LogP contribution in [-0.4, -0.2) is 61.5 Å². The second kappa shape index (κ2) is 8.77. The second-order valence-corrected chi connectivity index (χ2v) is 9.67. The van der Waals surface area contributed by atoms with Gasteiger partial charge in [0.15, 0.2) is 0 Å². The highest BCUT2D eigenvalue weighted by Gasteiger charge is 2.49. The number of likely N-dealkylation sites (tertiary alicyclic amines) is 1. The van der Waals surface area contributed by atoms with Crippen LogP contribution in [0.4, 0.5) is 5.69 Å². The first kappa shape index (κ1) is 21.5. The molecule has 1 saturated carbocycles. The Bertz CT molecular complexity index is 791. The minimum atomic E-state index is -0.0307. The maximum absolute atomic E-state index is 13.4. The highest BCUT2D eigenvalue weighted by molar-refractivity contribution is 5.92. The fourth-order valence-corrected chi connectivity index (χ4v) is 5.87. The van der Waals surface area contributed by atoms with Gasteiger partial charge in [0.25, 0.3) is 0 Å². The van der Waals surface area contributed by atoms with Gasteiger partial charge in [-0.15, -0.1) is 0 Å². The smallest absolute Gasteiger partial charge is 0.238 e. The van der Waals surface area contributed by atoms with Crippen LogP contribution in [0.3, 0.4) is 0 Å². The molecule has 6 atom stereocenters. The number of carbonyl (C=O) groups is 2. The number of anilines is 1. The number of nitrogens with zero attached hydrogens (tertiary/aromatic N) is 1. The number of hydrogen-bond acceptors (Lipinski definition) is 5. The van der Waals surface area contributed by atoms with E-state index in [0.717, 1.165) is 42.6 Å². The monoisotopic (exact) mass is 413 g/mol. The molecule has 1 aliphatic carbocycles. The van der Waals surface area contributed by atoms with Crippen LogP contribution in [0.5, 0.6) is 0 Å². The fourth-order valence-electron chi connectivity index (χ4n) is 5.87.